The molecule has 0 aliphatic rings. The monoisotopic (exact) mass is 446 g/mol. The second-order valence-corrected chi connectivity index (χ2v) is 8.35. The molecule has 1 amide bonds. The van der Waals surface area contributed by atoms with Crippen LogP contribution in [0.5, 0.6) is 0 Å². The molecule has 2 N–H and O–H groups in total. The third kappa shape index (κ3) is 4.63. The molecule has 0 spiro atoms. The van der Waals surface area contributed by atoms with E-state index < -0.39 is 16.8 Å². The first kappa shape index (κ1) is 21.8. The number of carbonyl (C=O) groups is 2. The molecule has 0 bridgehead atoms. The van der Waals surface area contributed by atoms with Crippen molar-refractivity contribution >= 4 is 52.0 Å². The zero-order valence-electron chi connectivity index (χ0n) is 16.7. The molecule has 0 aliphatic heterocycles. The predicted octanol–water partition coefficient (Wildman–Crippen LogP) is 3.49. The van der Waals surface area contributed by atoms with Gasteiger partial charge in [0.25, 0.3) is 5.56 Å². The summed E-state index contributed by atoms with van der Waals surface area (Å²) in [6, 6.07) is 6.70. The average Bonchev–Trinajstić information content (AvgIpc) is 2.69. The fourth-order valence-corrected chi connectivity index (χ4v) is 3.72. The zero-order chi connectivity index (χ0) is 22.0. The Kier molecular flexibility index (Phi) is 6.42. The molecule has 1 unspecified atom stereocenters. The highest BCUT2D eigenvalue weighted by Gasteiger charge is 2.20. The normalized spacial score (nSPS) is 11.9. The van der Waals surface area contributed by atoms with Gasteiger partial charge in [-0.25, -0.2) is 14.8 Å². The smallest absolute Gasteiger partial charge is 0.338 e. The summed E-state index contributed by atoms with van der Waals surface area (Å²) >= 11 is 7.06. The van der Waals surface area contributed by atoms with Crippen LogP contribution in [0.15, 0.2) is 34.2 Å². The van der Waals surface area contributed by atoms with E-state index in [-0.39, 0.29) is 27.7 Å². The number of pyridine rings is 1. The lowest BCUT2D eigenvalue weighted by atomic mass is 10.1. The topological polar surface area (TPSA) is 114 Å². The highest BCUT2D eigenvalue weighted by Crippen LogP contribution is 2.25. The van der Waals surface area contributed by atoms with Gasteiger partial charge in [-0.3, -0.25) is 9.59 Å². The van der Waals surface area contributed by atoms with Crippen molar-refractivity contribution in [1.82, 2.24) is 15.0 Å². The Labute approximate surface area is 181 Å². The number of hydrogen-bond donors (Lipinski definition) is 2. The second-order valence-electron chi connectivity index (χ2n) is 6.58. The summed E-state index contributed by atoms with van der Waals surface area (Å²) in [4.78, 5) is 48.4. The molecule has 3 rings (SSSR count). The Bertz CT molecular complexity index is 1210. The maximum absolute atomic E-state index is 12.6. The number of ether oxygens (including phenoxy) is 1. The summed E-state index contributed by atoms with van der Waals surface area (Å²) < 4.78 is 4.74. The van der Waals surface area contributed by atoms with Crippen LogP contribution in [0, 0.1) is 13.8 Å². The molecule has 0 saturated carbocycles. The van der Waals surface area contributed by atoms with Gasteiger partial charge in [0.1, 0.15) is 0 Å². The molecule has 0 radical (unpaired) electrons. The molecule has 1 atom stereocenters. The van der Waals surface area contributed by atoms with Crippen LogP contribution in [0.4, 0.5) is 5.69 Å². The van der Waals surface area contributed by atoms with Crippen molar-refractivity contribution in [3.05, 3.63) is 56.5 Å². The van der Waals surface area contributed by atoms with Crippen molar-refractivity contribution < 1.29 is 14.3 Å². The number of nitrogens with one attached hydrogen (secondary N) is 2. The number of benzene rings is 1. The van der Waals surface area contributed by atoms with Gasteiger partial charge < -0.3 is 15.0 Å². The number of anilines is 1. The van der Waals surface area contributed by atoms with E-state index in [2.05, 4.69) is 20.3 Å². The lowest BCUT2D eigenvalue weighted by Crippen LogP contribution is -2.24. The minimum atomic E-state index is -0.650. The molecule has 10 heteroatoms. The minimum absolute atomic E-state index is 0.0449. The lowest BCUT2D eigenvalue weighted by Gasteiger charge is -2.13. The van der Waals surface area contributed by atoms with E-state index >= 15 is 0 Å². The minimum Gasteiger partial charge on any atom is -0.465 e. The molecule has 3 aromatic rings. The van der Waals surface area contributed by atoms with Crippen LogP contribution in [0.2, 0.25) is 5.02 Å². The molecule has 2 aromatic heterocycles. The van der Waals surface area contributed by atoms with E-state index in [0.717, 1.165) is 17.3 Å². The van der Waals surface area contributed by atoms with Gasteiger partial charge in [0.15, 0.2) is 10.8 Å². The van der Waals surface area contributed by atoms with E-state index in [0.29, 0.717) is 16.4 Å². The Morgan fingerprint density at radius 2 is 1.97 bits per heavy atom. The summed E-state index contributed by atoms with van der Waals surface area (Å²) in [7, 11) is 1.23. The number of fused-ring (bicyclic) bond motifs is 1. The molecule has 1 aromatic carbocycles. The lowest BCUT2D eigenvalue weighted by molar-refractivity contribution is -0.115. The van der Waals surface area contributed by atoms with Gasteiger partial charge in [-0.2, -0.15) is 0 Å². The number of rotatable bonds is 5. The van der Waals surface area contributed by atoms with Crippen LogP contribution < -0.4 is 10.9 Å². The van der Waals surface area contributed by atoms with Crippen LogP contribution in [-0.2, 0) is 9.53 Å². The number of H-pyrrole nitrogens is 1. The number of nitrogens with zero attached hydrogens (tertiary/aromatic N) is 2. The Balaban J connectivity index is 1.88. The third-order valence-corrected chi connectivity index (χ3v) is 5.52. The number of halogens is 1. The molecule has 8 nitrogen and oxygen atoms in total. The van der Waals surface area contributed by atoms with Crippen LogP contribution in [0.3, 0.4) is 0 Å². The standard InChI is InChI=1S/C20H19ClN4O4S/c1-9-5-6-12(21)8-14(9)23-17(26)11(3)30-20-24-16-15(18(27)25-20)13(19(28)29-4)7-10(2)22-16/h5-8,11H,1-4H3,(H,23,26)(H,22,24,25,27). The Hall–Kier alpha value is -2.91. The maximum atomic E-state index is 12.6. The molecule has 30 heavy (non-hydrogen) atoms. The SMILES string of the molecule is COC(=O)c1cc(C)nc2nc(SC(C)C(=O)Nc3cc(Cl)ccc3C)[nH]c(=O)c12. The van der Waals surface area contributed by atoms with Crippen LogP contribution >= 0.6 is 23.4 Å². The molecular formula is C20H19ClN4O4S. The van der Waals surface area contributed by atoms with Crippen molar-refractivity contribution in [3.8, 4) is 0 Å². The molecule has 0 aliphatic carbocycles. The number of esters is 1. The fourth-order valence-electron chi connectivity index (χ4n) is 2.76. The Morgan fingerprint density at radius 3 is 2.67 bits per heavy atom. The van der Waals surface area contributed by atoms with Crippen molar-refractivity contribution in [2.75, 3.05) is 12.4 Å². The van der Waals surface area contributed by atoms with E-state index in [1.165, 1.54) is 13.2 Å². The number of aromatic nitrogens is 3. The van der Waals surface area contributed by atoms with E-state index in [1.807, 2.05) is 13.0 Å². The van der Waals surface area contributed by atoms with Gasteiger partial charge >= 0.3 is 5.97 Å². The highest BCUT2D eigenvalue weighted by atomic mass is 35.5. The first-order valence-corrected chi connectivity index (χ1v) is 10.2. The number of methoxy groups -OCH3 is 1. The van der Waals surface area contributed by atoms with E-state index in [1.54, 1.807) is 26.0 Å². The predicted molar refractivity (Wildman–Crippen MR) is 116 cm³/mol. The summed E-state index contributed by atoms with van der Waals surface area (Å²) in [5.41, 5.74) is 1.66. The summed E-state index contributed by atoms with van der Waals surface area (Å²) in [6.45, 7) is 5.23. The van der Waals surface area contributed by atoms with E-state index in [9.17, 15) is 14.4 Å². The van der Waals surface area contributed by atoms with Gasteiger partial charge in [-0.05, 0) is 44.5 Å². The summed E-state index contributed by atoms with van der Waals surface area (Å²) in [5, 5.41) is 3.02. The second kappa shape index (κ2) is 8.85. The van der Waals surface area contributed by atoms with Gasteiger partial charge in [0.05, 0.1) is 23.3 Å². The number of aryl methyl sites for hydroxylation is 2. The summed E-state index contributed by atoms with van der Waals surface area (Å²) in [6.07, 6.45) is 0. The van der Waals surface area contributed by atoms with Crippen LogP contribution in [-0.4, -0.2) is 39.2 Å². The molecule has 2 heterocycles. The van der Waals surface area contributed by atoms with Crippen molar-refractivity contribution in [2.24, 2.45) is 0 Å². The van der Waals surface area contributed by atoms with Crippen molar-refractivity contribution in [3.63, 3.8) is 0 Å². The quantitative estimate of drug-likeness (QED) is 0.350. The molecule has 0 saturated heterocycles. The Morgan fingerprint density at radius 1 is 1.23 bits per heavy atom. The first-order chi connectivity index (χ1) is 14.2. The number of aromatic amines is 1. The number of thioether (sulfide) groups is 1. The largest absolute Gasteiger partial charge is 0.465 e. The van der Waals surface area contributed by atoms with Crippen LogP contribution in [0.1, 0.15) is 28.5 Å². The van der Waals surface area contributed by atoms with Gasteiger partial charge in [-0.1, -0.05) is 29.4 Å². The number of hydrogen-bond acceptors (Lipinski definition) is 7. The average molecular weight is 447 g/mol. The molecule has 0 fully saturated rings. The summed E-state index contributed by atoms with van der Waals surface area (Å²) in [5.74, 6) is -0.927. The van der Waals surface area contributed by atoms with Crippen molar-refractivity contribution in [1.29, 1.82) is 0 Å². The number of amides is 1. The van der Waals surface area contributed by atoms with Crippen LogP contribution in [0.25, 0.3) is 11.0 Å². The van der Waals surface area contributed by atoms with Gasteiger partial charge in [0.2, 0.25) is 5.91 Å². The fraction of sp³-hybridized carbons (Fsp3) is 0.250. The van der Waals surface area contributed by atoms with Crippen molar-refractivity contribution in [2.45, 2.75) is 31.2 Å². The molecule has 156 valence electrons. The molecular weight excluding hydrogens is 428 g/mol. The van der Waals surface area contributed by atoms with E-state index in [4.69, 9.17) is 16.3 Å². The third-order valence-electron chi connectivity index (χ3n) is 4.30. The number of carbonyl (C=O) groups excluding carboxylic acids is 2. The van der Waals surface area contributed by atoms with Gasteiger partial charge in [-0.15, -0.1) is 0 Å². The zero-order valence-corrected chi connectivity index (χ0v) is 18.3. The first-order valence-electron chi connectivity index (χ1n) is 8.93. The van der Waals surface area contributed by atoms with Gasteiger partial charge in [0, 0.05) is 16.4 Å². The highest BCUT2D eigenvalue weighted by molar-refractivity contribution is 8.00. The maximum Gasteiger partial charge on any atom is 0.338 e.